The third kappa shape index (κ3) is 2.94. The fraction of sp³-hybridized carbons (Fsp3) is 0.727. The van der Waals surface area contributed by atoms with E-state index in [0.29, 0.717) is 6.04 Å². The molecular weight excluding hydrogens is 272 g/mol. The monoisotopic (exact) mass is 288 g/mol. The van der Waals surface area contributed by atoms with Gasteiger partial charge in [-0.15, -0.1) is 11.3 Å². The Bertz CT molecular complexity index is 313. The Hall–Kier alpha value is -0.0900. The molecule has 0 spiro atoms. The van der Waals surface area contributed by atoms with Gasteiger partial charge in [-0.2, -0.15) is 0 Å². The minimum atomic E-state index is 0.641. The van der Waals surface area contributed by atoms with Crippen molar-refractivity contribution in [2.45, 2.75) is 45.1 Å². The van der Waals surface area contributed by atoms with Gasteiger partial charge in [-0.25, -0.2) is 4.98 Å². The number of nitrogens with one attached hydrogen (secondary N) is 1. The summed E-state index contributed by atoms with van der Waals surface area (Å²) < 4.78 is 0.943. The molecule has 2 unspecified atom stereocenters. The zero-order valence-electron chi connectivity index (χ0n) is 9.00. The highest BCUT2D eigenvalue weighted by Gasteiger charge is 2.23. The Morgan fingerprint density at radius 2 is 2.33 bits per heavy atom. The van der Waals surface area contributed by atoms with Gasteiger partial charge in [0.15, 0.2) is 5.13 Å². The van der Waals surface area contributed by atoms with Crippen molar-refractivity contribution in [1.29, 1.82) is 0 Å². The van der Waals surface area contributed by atoms with Gasteiger partial charge in [0.2, 0.25) is 0 Å². The Labute approximate surface area is 104 Å². The van der Waals surface area contributed by atoms with Crippen LogP contribution in [0.15, 0.2) is 9.98 Å². The molecule has 2 nitrogen and oxygen atoms in total. The fourth-order valence-electron chi connectivity index (χ4n) is 2.37. The van der Waals surface area contributed by atoms with Crippen LogP contribution in [0.25, 0.3) is 0 Å². The summed E-state index contributed by atoms with van der Waals surface area (Å²) in [6, 6.07) is 0.641. The third-order valence-corrected chi connectivity index (χ3v) is 4.70. The molecule has 15 heavy (non-hydrogen) atoms. The molecule has 0 amide bonds. The Balaban J connectivity index is 1.97. The van der Waals surface area contributed by atoms with Crippen molar-refractivity contribution in [2.75, 3.05) is 5.32 Å². The number of nitrogens with zero attached hydrogens (tertiary/aromatic N) is 1. The largest absolute Gasteiger partial charge is 0.358 e. The van der Waals surface area contributed by atoms with Gasteiger partial charge >= 0.3 is 0 Å². The SMILES string of the molecule is CCC1CCCCC1Nc1nc(Br)cs1. The number of rotatable bonds is 3. The van der Waals surface area contributed by atoms with E-state index in [2.05, 4.69) is 33.2 Å². The second kappa shape index (κ2) is 5.30. The van der Waals surface area contributed by atoms with Gasteiger partial charge < -0.3 is 5.32 Å². The number of aromatic nitrogens is 1. The minimum absolute atomic E-state index is 0.641. The van der Waals surface area contributed by atoms with E-state index in [4.69, 9.17) is 0 Å². The van der Waals surface area contributed by atoms with E-state index in [1.165, 1.54) is 32.1 Å². The summed E-state index contributed by atoms with van der Waals surface area (Å²) in [6.07, 6.45) is 6.72. The molecule has 1 fully saturated rings. The summed E-state index contributed by atoms with van der Waals surface area (Å²) in [4.78, 5) is 4.40. The van der Waals surface area contributed by atoms with Crippen LogP contribution in [0.2, 0.25) is 0 Å². The molecule has 1 aromatic heterocycles. The predicted molar refractivity (Wildman–Crippen MR) is 69.5 cm³/mol. The van der Waals surface area contributed by atoms with Gasteiger partial charge in [-0.05, 0) is 34.7 Å². The first-order valence-electron chi connectivity index (χ1n) is 5.67. The molecule has 0 aliphatic heterocycles. The minimum Gasteiger partial charge on any atom is -0.358 e. The van der Waals surface area contributed by atoms with Gasteiger partial charge in [0.05, 0.1) is 0 Å². The molecule has 2 atom stereocenters. The van der Waals surface area contributed by atoms with E-state index in [9.17, 15) is 0 Å². The van der Waals surface area contributed by atoms with Crippen LogP contribution in [0.4, 0.5) is 5.13 Å². The summed E-state index contributed by atoms with van der Waals surface area (Å²) in [6.45, 7) is 2.29. The van der Waals surface area contributed by atoms with Crippen LogP contribution in [0.1, 0.15) is 39.0 Å². The highest BCUT2D eigenvalue weighted by molar-refractivity contribution is 9.10. The molecule has 84 valence electrons. The first kappa shape index (κ1) is 11.4. The molecule has 1 heterocycles. The maximum atomic E-state index is 4.40. The quantitative estimate of drug-likeness (QED) is 0.898. The maximum Gasteiger partial charge on any atom is 0.183 e. The molecule has 1 aliphatic rings. The zero-order valence-corrected chi connectivity index (χ0v) is 11.4. The van der Waals surface area contributed by atoms with Crippen LogP contribution >= 0.6 is 27.3 Å². The third-order valence-electron chi connectivity index (χ3n) is 3.22. The van der Waals surface area contributed by atoms with E-state index in [1.54, 1.807) is 11.3 Å². The first-order chi connectivity index (χ1) is 7.29. The Kier molecular flexibility index (Phi) is 4.03. The summed E-state index contributed by atoms with van der Waals surface area (Å²) in [5.41, 5.74) is 0. The van der Waals surface area contributed by atoms with Crippen LogP contribution in [-0.2, 0) is 0 Å². The van der Waals surface area contributed by atoms with Gasteiger partial charge in [0.25, 0.3) is 0 Å². The van der Waals surface area contributed by atoms with E-state index >= 15 is 0 Å². The second-order valence-corrected chi connectivity index (χ2v) is 5.85. The van der Waals surface area contributed by atoms with Crippen LogP contribution in [0.3, 0.4) is 0 Å². The molecule has 1 aliphatic carbocycles. The number of anilines is 1. The number of halogens is 1. The average molecular weight is 289 g/mol. The van der Waals surface area contributed by atoms with E-state index in [0.717, 1.165) is 15.7 Å². The number of hydrogen-bond donors (Lipinski definition) is 1. The lowest BCUT2D eigenvalue weighted by Crippen LogP contribution is -2.31. The van der Waals surface area contributed by atoms with Gasteiger partial charge in [0.1, 0.15) is 4.60 Å². The molecule has 4 heteroatoms. The lowest BCUT2D eigenvalue weighted by atomic mass is 9.83. The average Bonchev–Trinajstić information content (AvgIpc) is 2.65. The highest BCUT2D eigenvalue weighted by atomic mass is 79.9. The highest BCUT2D eigenvalue weighted by Crippen LogP contribution is 2.30. The van der Waals surface area contributed by atoms with Crippen molar-refractivity contribution in [2.24, 2.45) is 5.92 Å². The smallest absolute Gasteiger partial charge is 0.183 e. The summed E-state index contributed by atoms with van der Waals surface area (Å²) in [7, 11) is 0. The van der Waals surface area contributed by atoms with Gasteiger partial charge in [0, 0.05) is 11.4 Å². The van der Waals surface area contributed by atoms with E-state index in [-0.39, 0.29) is 0 Å². The molecule has 1 aromatic rings. The van der Waals surface area contributed by atoms with Crippen molar-refractivity contribution >= 4 is 32.4 Å². The van der Waals surface area contributed by atoms with Crippen LogP contribution < -0.4 is 5.32 Å². The summed E-state index contributed by atoms with van der Waals surface area (Å²) >= 11 is 5.08. The summed E-state index contributed by atoms with van der Waals surface area (Å²) in [5.74, 6) is 0.835. The number of thiazole rings is 1. The van der Waals surface area contributed by atoms with Gasteiger partial charge in [-0.1, -0.05) is 26.2 Å². The van der Waals surface area contributed by atoms with Crippen molar-refractivity contribution < 1.29 is 0 Å². The topological polar surface area (TPSA) is 24.9 Å². The molecule has 0 radical (unpaired) electrons. The van der Waals surface area contributed by atoms with E-state index in [1.807, 2.05) is 5.38 Å². The lowest BCUT2D eigenvalue weighted by Gasteiger charge is -2.31. The van der Waals surface area contributed by atoms with E-state index < -0.39 is 0 Å². The van der Waals surface area contributed by atoms with Crippen molar-refractivity contribution in [3.63, 3.8) is 0 Å². The van der Waals surface area contributed by atoms with Crippen molar-refractivity contribution in [3.05, 3.63) is 9.98 Å². The Morgan fingerprint density at radius 1 is 1.53 bits per heavy atom. The van der Waals surface area contributed by atoms with Crippen LogP contribution in [0.5, 0.6) is 0 Å². The normalized spacial score (nSPS) is 26.5. The Morgan fingerprint density at radius 3 is 3.00 bits per heavy atom. The van der Waals surface area contributed by atoms with Crippen LogP contribution in [0, 0.1) is 5.92 Å². The molecule has 2 rings (SSSR count). The second-order valence-electron chi connectivity index (χ2n) is 4.18. The first-order valence-corrected chi connectivity index (χ1v) is 7.34. The predicted octanol–water partition coefficient (Wildman–Crippen LogP) is 4.29. The molecule has 1 N–H and O–H groups in total. The molecule has 0 aromatic carbocycles. The zero-order chi connectivity index (χ0) is 10.7. The van der Waals surface area contributed by atoms with Crippen molar-refractivity contribution in [3.8, 4) is 0 Å². The van der Waals surface area contributed by atoms with Gasteiger partial charge in [-0.3, -0.25) is 0 Å². The lowest BCUT2D eigenvalue weighted by molar-refractivity contribution is 0.317. The standard InChI is InChI=1S/C11H17BrN2S/c1-2-8-5-3-4-6-9(8)13-11-14-10(12)7-15-11/h7-9H,2-6H2,1H3,(H,13,14). The molecule has 1 saturated carbocycles. The molecule has 0 bridgehead atoms. The van der Waals surface area contributed by atoms with Crippen LogP contribution in [-0.4, -0.2) is 11.0 Å². The fourth-order valence-corrected chi connectivity index (χ4v) is 3.57. The summed E-state index contributed by atoms with van der Waals surface area (Å²) in [5, 5.41) is 6.68. The van der Waals surface area contributed by atoms with Crippen molar-refractivity contribution in [1.82, 2.24) is 4.98 Å². The molecular formula is C11H17BrN2S. The maximum absolute atomic E-state index is 4.40. The molecule has 0 saturated heterocycles. The number of hydrogen-bond acceptors (Lipinski definition) is 3.